The van der Waals surface area contributed by atoms with Crippen molar-refractivity contribution in [3.8, 4) is 0 Å². The number of carbonyl (C=O) groups excluding carboxylic acids is 1. The highest BCUT2D eigenvalue weighted by Crippen LogP contribution is 2.33. The molecule has 0 aliphatic carbocycles. The van der Waals surface area contributed by atoms with Crippen molar-refractivity contribution < 1.29 is 31.1 Å². The van der Waals surface area contributed by atoms with Gasteiger partial charge in [-0.2, -0.15) is 31.4 Å². The summed E-state index contributed by atoms with van der Waals surface area (Å²) in [6.45, 7) is 2.45. The van der Waals surface area contributed by atoms with Gasteiger partial charge < -0.3 is 15.1 Å². The smallest absolute Gasteiger partial charge is 0.366 e. The summed E-state index contributed by atoms with van der Waals surface area (Å²) in [6.07, 6.45) is -2.80. The highest BCUT2D eigenvalue weighted by molar-refractivity contribution is 5.74. The summed E-state index contributed by atoms with van der Waals surface area (Å²) in [5, 5.41) is 7.93. The quantitative estimate of drug-likeness (QED) is 0.435. The van der Waals surface area contributed by atoms with Gasteiger partial charge in [0.2, 0.25) is 0 Å². The van der Waals surface area contributed by atoms with Gasteiger partial charge in [0.05, 0.1) is 17.4 Å². The van der Waals surface area contributed by atoms with Crippen LogP contribution in [0.25, 0.3) is 0 Å². The highest BCUT2D eigenvalue weighted by Gasteiger charge is 2.38. The van der Waals surface area contributed by atoms with Crippen LogP contribution in [0.3, 0.4) is 0 Å². The van der Waals surface area contributed by atoms with Crippen LogP contribution in [0, 0.1) is 0 Å². The highest BCUT2D eigenvalue weighted by atomic mass is 19.4. The molecule has 0 saturated carbocycles. The second kappa shape index (κ2) is 11.2. The van der Waals surface area contributed by atoms with Gasteiger partial charge in [0.25, 0.3) is 5.56 Å². The van der Waals surface area contributed by atoms with Crippen molar-refractivity contribution in [2.45, 2.75) is 44.1 Å². The third-order valence-corrected chi connectivity index (χ3v) is 6.04. The molecule has 0 radical (unpaired) electrons. The van der Waals surface area contributed by atoms with Crippen LogP contribution in [0.4, 0.5) is 36.8 Å². The number of carbonyl (C=O) groups is 1. The number of hydrogen-bond donors (Lipinski definition) is 2. The number of anilines is 1. The fourth-order valence-electron chi connectivity index (χ4n) is 3.84. The first kappa shape index (κ1) is 27.9. The molecule has 3 rings (SSSR count). The minimum atomic E-state index is -4.86. The lowest BCUT2D eigenvalue weighted by Gasteiger charge is -2.31. The van der Waals surface area contributed by atoms with E-state index in [0.29, 0.717) is 31.8 Å². The van der Waals surface area contributed by atoms with Gasteiger partial charge in [-0.05, 0) is 19.8 Å². The fourth-order valence-corrected chi connectivity index (χ4v) is 3.84. The molecule has 2 aromatic heterocycles. The lowest BCUT2D eigenvalue weighted by Crippen LogP contribution is -2.44. The molecule has 1 atom stereocenters. The molecule has 2 amide bonds. The molecule has 0 unspecified atom stereocenters. The van der Waals surface area contributed by atoms with E-state index in [-0.39, 0.29) is 24.2 Å². The molecular formula is C22H25F6N7O2. The van der Waals surface area contributed by atoms with Gasteiger partial charge >= 0.3 is 18.4 Å². The van der Waals surface area contributed by atoms with Crippen molar-refractivity contribution in [2.24, 2.45) is 0 Å². The first-order valence-electron chi connectivity index (χ1n) is 11.2. The Balaban J connectivity index is 1.48. The van der Waals surface area contributed by atoms with E-state index in [1.54, 1.807) is 29.1 Å². The van der Waals surface area contributed by atoms with Crippen molar-refractivity contribution in [3.63, 3.8) is 0 Å². The molecular weight excluding hydrogens is 508 g/mol. The SMILES string of the molecule is C[C@@H](/C=C/CNC(=O)N1CCC(c2ncc(C(F)(F)F)cn2)CC1)N(C)c1cn[nH]c(=O)c1C(F)(F)F. The normalized spacial score (nSPS) is 16.2. The van der Waals surface area contributed by atoms with Gasteiger partial charge in [-0.1, -0.05) is 12.2 Å². The Morgan fingerprint density at radius 3 is 2.35 bits per heavy atom. The van der Waals surface area contributed by atoms with Gasteiger partial charge in [0.1, 0.15) is 11.4 Å². The number of piperidine rings is 1. The number of likely N-dealkylation sites (tertiary alicyclic amines) is 1. The lowest BCUT2D eigenvalue weighted by atomic mass is 9.96. The van der Waals surface area contributed by atoms with Crippen LogP contribution in [0.15, 0.2) is 35.5 Å². The third kappa shape index (κ3) is 6.98. The largest absolute Gasteiger partial charge is 0.423 e. The zero-order valence-corrected chi connectivity index (χ0v) is 19.9. The molecule has 1 fully saturated rings. The molecule has 3 heterocycles. The van der Waals surface area contributed by atoms with Crippen LogP contribution in [0.1, 0.15) is 42.6 Å². The molecule has 202 valence electrons. The summed E-state index contributed by atoms with van der Waals surface area (Å²) >= 11 is 0. The van der Waals surface area contributed by atoms with E-state index < -0.39 is 35.1 Å². The van der Waals surface area contributed by atoms with Crippen LogP contribution >= 0.6 is 0 Å². The Kier molecular flexibility index (Phi) is 8.43. The average molecular weight is 533 g/mol. The Hall–Kier alpha value is -3.65. The monoisotopic (exact) mass is 533 g/mol. The van der Waals surface area contributed by atoms with E-state index in [1.807, 2.05) is 0 Å². The first-order valence-corrected chi connectivity index (χ1v) is 11.2. The molecule has 1 saturated heterocycles. The molecule has 9 nitrogen and oxygen atoms in total. The summed E-state index contributed by atoms with van der Waals surface area (Å²) in [6, 6.07) is -0.906. The number of alkyl halides is 6. The Bertz CT molecular complexity index is 1160. The van der Waals surface area contributed by atoms with E-state index in [1.165, 1.54) is 11.9 Å². The molecule has 0 bridgehead atoms. The number of aromatic amines is 1. The van der Waals surface area contributed by atoms with Gasteiger partial charge in [-0.3, -0.25) is 4.79 Å². The van der Waals surface area contributed by atoms with E-state index >= 15 is 0 Å². The van der Waals surface area contributed by atoms with Crippen molar-refractivity contribution in [2.75, 3.05) is 31.6 Å². The van der Waals surface area contributed by atoms with Crippen molar-refractivity contribution in [1.29, 1.82) is 0 Å². The summed E-state index contributed by atoms with van der Waals surface area (Å²) in [4.78, 5) is 34.6. The van der Waals surface area contributed by atoms with Gasteiger partial charge in [-0.15, -0.1) is 0 Å². The van der Waals surface area contributed by atoms with Crippen LogP contribution in [0.2, 0.25) is 0 Å². The summed E-state index contributed by atoms with van der Waals surface area (Å²) < 4.78 is 77.9. The van der Waals surface area contributed by atoms with Crippen molar-refractivity contribution >= 4 is 11.7 Å². The number of urea groups is 1. The number of likely N-dealkylation sites (N-methyl/N-ethyl adjacent to an activating group) is 1. The minimum absolute atomic E-state index is 0.110. The number of nitrogens with zero attached hydrogens (tertiary/aromatic N) is 5. The Labute approximate surface area is 207 Å². The summed E-state index contributed by atoms with van der Waals surface area (Å²) in [7, 11) is 1.39. The predicted octanol–water partition coefficient (Wildman–Crippen LogP) is 3.57. The number of nitrogens with one attached hydrogen (secondary N) is 2. The average Bonchev–Trinajstić information content (AvgIpc) is 2.84. The second-order valence-corrected chi connectivity index (χ2v) is 8.51. The lowest BCUT2D eigenvalue weighted by molar-refractivity contribution is -0.139. The number of hydrogen-bond acceptors (Lipinski definition) is 6. The summed E-state index contributed by atoms with van der Waals surface area (Å²) in [5.41, 5.74) is -3.98. The molecule has 2 N–H and O–H groups in total. The second-order valence-electron chi connectivity index (χ2n) is 8.51. The topological polar surface area (TPSA) is 107 Å². The maximum atomic E-state index is 13.3. The zero-order chi connectivity index (χ0) is 27.4. The summed E-state index contributed by atoms with van der Waals surface area (Å²) in [5.74, 6) is 0.141. The van der Waals surface area contributed by atoms with Crippen molar-refractivity contribution in [1.82, 2.24) is 30.4 Å². The zero-order valence-electron chi connectivity index (χ0n) is 19.9. The van der Waals surface area contributed by atoms with Gasteiger partial charge in [0, 0.05) is 51.0 Å². The van der Waals surface area contributed by atoms with Crippen LogP contribution in [0.5, 0.6) is 0 Å². The van der Waals surface area contributed by atoms with Crippen LogP contribution < -0.4 is 15.8 Å². The van der Waals surface area contributed by atoms with E-state index in [2.05, 4.69) is 20.4 Å². The number of H-pyrrole nitrogens is 1. The molecule has 1 aliphatic heterocycles. The molecule has 0 spiro atoms. The van der Waals surface area contributed by atoms with Gasteiger partial charge in [0.15, 0.2) is 0 Å². The van der Waals surface area contributed by atoms with Crippen molar-refractivity contribution in [3.05, 3.63) is 58.0 Å². The predicted molar refractivity (Wildman–Crippen MR) is 121 cm³/mol. The minimum Gasteiger partial charge on any atom is -0.366 e. The third-order valence-electron chi connectivity index (χ3n) is 6.04. The molecule has 15 heteroatoms. The van der Waals surface area contributed by atoms with E-state index in [0.717, 1.165) is 18.6 Å². The molecule has 1 aliphatic rings. The maximum absolute atomic E-state index is 13.3. The van der Waals surface area contributed by atoms with E-state index in [4.69, 9.17) is 0 Å². The van der Waals surface area contributed by atoms with Gasteiger partial charge in [-0.25, -0.2) is 19.9 Å². The molecule has 0 aromatic carbocycles. The fraction of sp³-hybridized carbons (Fsp3) is 0.500. The Morgan fingerprint density at radius 1 is 1.16 bits per heavy atom. The first-order chi connectivity index (χ1) is 17.3. The van der Waals surface area contributed by atoms with Crippen LogP contribution in [-0.4, -0.2) is 63.8 Å². The van der Waals surface area contributed by atoms with E-state index in [9.17, 15) is 35.9 Å². The maximum Gasteiger partial charge on any atom is 0.423 e. The molecule has 37 heavy (non-hydrogen) atoms. The standard InChI is InChI=1S/C22H25F6N7O2/c1-13(34(2)16-12-32-33-19(36)17(16)22(26,27)28)4-3-7-29-20(37)35-8-5-14(6-9-35)18-30-10-15(11-31-18)21(23,24)25/h3-4,10-14H,5-9H2,1-2H3,(H,29,37)(H,33,36)/b4-3+/t13-/m0/s1. The Morgan fingerprint density at radius 2 is 1.78 bits per heavy atom. The molecule has 2 aromatic rings. The number of amides is 2. The number of halogens is 6. The number of aromatic nitrogens is 4. The van der Waals surface area contributed by atoms with Crippen LogP contribution in [-0.2, 0) is 12.4 Å². The number of rotatable bonds is 6.